The maximum Gasteiger partial charge on any atom is 0.103 e. The van der Waals surface area contributed by atoms with Gasteiger partial charge in [0.15, 0.2) is 0 Å². The van der Waals surface area contributed by atoms with Gasteiger partial charge in [-0.15, -0.1) is 11.3 Å². The molecular weight excluding hydrogens is 170 g/mol. The predicted octanol–water partition coefficient (Wildman–Crippen LogP) is 1.78. The number of nitrogens with one attached hydrogen (secondary N) is 1. The van der Waals surface area contributed by atoms with Crippen molar-refractivity contribution in [2.75, 3.05) is 7.05 Å². The summed E-state index contributed by atoms with van der Waals surface area (Å²) in [6, 6.07) is 4.10. The van der Waals surface area contributed by atoms with E-state index in [0.29, 0.717) is 0 Å². The zero-order chi connectivity index (χ0) is 8.97. The van der Waals surface area contributed by atoms with Gasteiger partial charge in [-0.25, -0.2) is 0 Å². The summed E-state index contributed by atoms with van der Waals surface area (Å²) in [7, 11) is 1.88. The largest absolute Gasteiger partial charge is 0.386 e. The molecule has 0 spiro atoms. The molecule has 1 aromatic heterocycles. The molecule has 0 amide bonds. The molecule has 0 fully saturated rings. The molecule has 2 N–H and O–H groups in total. The average molecular weight is 185 g/mol. The molecule has 2 atom stereocenters. The molecule has 12 heavy (non-hydrogen) atoms. The SMILES string of the molecule is CCC(NC)C(O)c1cccs1. The third kappa shape index (κ3) is 2.06. The van der Waals surface area contributed by atoms with Crippen molar-refractivity contribution >= 4 is 11.3 Å². The third-order valence-electron chi connectivity index (χ3n) is 2.03. The van der Waals surface area contributed by atoms with Crippen molar-refractivity contribution in [2.45, 2.75) is 25.5 Å². The summed E-state index contributed by atoms with van der Waals surface area (Å²) < 4.78 is 0. The van der Waals surface area contributed by atoms with E-state index in [1.807, 2.05) is 24.6 Å². The lowest BCUT2D eigenvalue weighted by molar-refractivity contribution is 0.133. The van der Waals surface area contributed by atoms with Crippen molar-refractivity contribution in [2.24, 2.45) is 0 Å². The van der Waals surface area contributed by atoms with Gasteiger partial charge in [0.2, 0.25) is 0 Å². The molecule has 0 aromatic carbocycles. The number of aliphatic hydroxyl groups excluding tert-OH is 1. The van der Waals surface area contributed by atoms with Crippen LogP contribution in [0.3, 0.4) is 0 Å². The molecular formula is C9H15NOS. The Balaban J connectivity index is 2.63. The fraction of sp³-hybridized carbons (Fsp3) is 0.556. The van der Waals surface area contributed by atoms with Crippen LogP contribution in [0.5, 0.6) is 0 Å². The van der Waals surface area contributed by atoms with Gasteiger partial charge < -0.3 is 10.4 Å². The quantitative estimate of drug-likeness (QED) is 0.749. The summed E-state index contributed by atoms with van der Waals surface area (Å²) in [5.74, 6) is 0. The second-order valence-electron chi connectivity index (χ2n) is 2.76. The van der Waals surface area contributed by atoms with E-state index in [0.717, 1.165) is 11.3 Å². The van der Waals surface area contributed by atoms with Gasteiger partial charge in [0.25, 0.3) is 0 Å². The summed E-state index contributed by atoms with van der Waals surface area (Å²) in [6.45, 7) is 2.07. The highest BCUT2D eigenvalue weighted by molar-refractivity contribution is 7.10. The molecule has 0 aliphatic heterocycles. The number of hydrogen-bond donors (Lipinski definition) is 2. The smallest absolute Gasteiger partial charge is 0.103 e. The summed E-state index contributed by atoms with van der Waals surface area (Å²) >= 11 is 1.60. The van der Waals surface area contributed by atoms with Crippen LogP contribution in [-0.2, 0) is 0 Å². The summed E-state index contributed by atoms with van der Waals surface area (Å²) in [6.07, 6.45) is 0.579. The highest BCUT2D eigenvalue weighted by atomic mass is 32.1. The lowest BCUT2D eigenvalue weighted by Crippen LogP contribution is -2.30. The Hall–Kier alpha value is -0.380. The molecule has 1 rings (SSSR count). The molecule has 1 heterocycles. The van der Waals surface area contributed by atoms with E-state index in [-0.39, 0.29) is 12.1 Å². The highest BCUT2D eigenvalue weighted by Gasteiger charge is 2.17. The van der Waals surface area contributed by atoms with Gasteiger partial charge in [0.1, 0.15) is 6.10 Å². The topological polar surface area (TPSA) is 32.3 Å². The molecule has 0 bridgehead atoms. The highest BCUT2D eigenvalue weighted by Crippen LogP contribution is 2.22. The average Bonchev–Trinajstić information content (AvgIpc) is 2.58. The van der Waals surface area contributed by atoms with Crippen molar-refractivity contribution in [3.63, 3.8) is 0 Å². The molecule has 68 valence electrons. The Morgan fingerprint density at radius 2 is 2.42 bits per heavy atom. The van der Waals surface area contributed by atoms with Gasteiger partial charge in [0, 0.05) is 10.9 Å². The Morgan fingerprint density at radius 3 is 2.83 bits per heavy atom. The zero-order valence-corrected chi connectivity index (χ0v) is 8.27. The minimum absolute atomic E-state index is 0.170. The minimum Gasteiger partial charge on any atom is -0.386 e. The summed E-state index contributed by atoms with van der Waals surface area (Å²) in [5, 5.41) is 14.9. The maximum atomic E-state index is 9.82. The van der Waals surface area contributed by atoms with Crippen molar-refractivity contribution in [3.05, 3.63) is 22.4 Å². The van der Waals surface area contributed by atoms with E-state index < -0.39 is 0 Å². The van der Waals surface area contributed by atoms with Crippen LogP contribution in [0.1, 0.15) is 24.3 Å². The monoisotopic (exact) mass is 185 g/mol. The molecule has 0 saturated heterocycles. The Morgan fingerprint density at radius 1 is 1.67 bits per heavy atom. The number of hydrogen-bond acceptors (Lipinski definition) is 3. The fourth-order valence-corrected chi connectivity index (χ4v) is 2.02. The van der Waals surface area contributed by atoms with Gasteiger partial charge in [-0.2, -0.15) is 0 Å². The third-order valence-corrected chi connectivity index (χ3v) is 2.97. The van der Waals surface area contributed by atoms with Gasteiger partial charge in [-0.1, -0.05) is 13.0 Å². The maximum absolute atomic E-state index is 9.82. The zero-order valence-electron chi connectivity index (χ0n) is 7.45. The first kappa shape index (κ1) is 9.71. The van der Waals surface area contributed by atoms with E-state index in [4.69, 9.17) is 0 Å². The van der Waals surface area contributed by atoms with E-state index >= 15 is 0 Å². The molecule has 0 aliphatic carbocycles. The lowest BCUT2D eigenvalue weighted by atomic mass is 10.1. The van der Waals surface area contributed by atoms with Gasteiger partial charge >= 0.3 is 0 Å². The molecule has 2 unspecified atom stereocenters. The number of thiophene rings is 1. The van der Waals surface area contributed by atoms with Crippen molar-refractivity contribution in [1.82, 2.24) is 5.32 Å². The second-order valence-corrected chi connectivity index (χ2v) is 3.74. The normalized spacial score (nSPS) is 15.9. The van der Waals surface area contributed by atoms with E-state index in [9.17, 15) is 5.11 Å². The van der Waals surface area contributed by atoms with E-state index in [2.05, 4.69) is 12.2 Å². The number of aliphatic hydroxyl groups is 1. The van der Waals surface area contributed by atoms with Gasteiger partial charge in [-0.3, -0.25) is 0 Å². The summed E-state index contributed by atoms with van der Waals surface area (Å²) in [4.78, 5) is 1.04. The minimum atomic E-state index is -0.361. The van der Waals surface area contributed by atoms with Crippen LogP contribution in [0.4, 0.5) is 0 Å². The molecule has 0 saturated carbocycles. The van der Waals surface area contributed by atoms with Crippen LogP contribution < -0.4 is 5.32 Å². The first-order chi connectivity index (χ1) is 5.79. The van der Waals surface area contributed by atoms with Gasteiger partial charge in [0.05, 0.1) is 0 Å². The van der Waals surface area contributed by atoms with Crippen molar-refractivity contribution in [3.8, 4) is 0 Å². The number of likely N-dealkylation sites (N-methyl/N-ethyl adjacent to an activating group) is 1. The van der Waals surface area contributed by atoms with Gasteiger partial charge in [-0.05, 0) is 24.9 Å². The first-order valence-electron chi connectivity index (χ1n) is 4.18. The Bertz CT molecular complexity index is 206. The number of rotatable bonds is 4. The van der Waals surface area contributed by atoms with E-state index in [1.165, 1.54) is 0 Å². The Kier molecular flexibility index (Phi) is 3.72. The molecule has 0 aliphatic rings. The summed E-state index contributed by atoms with van der Waals surface area (Å²) in [5.41, 5.74) is 0. The van der Waals surface area contributed by atoms with Crippen molar-refractivity contribution < 1.29 is 5.11 Å². The van der Waals surface area contributed by atoms with Crippen molar-refractivity contribution in [1.29, 1.82) is 0 Å². The first-order valence-corrected chi connectivity index (χ1v) is 5.06. The van der Waals surface area contributed by atoms with Crippen LogP contribution >= 0.6 is 11.3 Å². The second kappa shape index (κ2) is 4.60. The Labute approximate surface area is 77.2 Å². The van der Waals surface area contributed by atoms with Crippen LogP contribution in [-0.4, -0.2) is 18.2 Å². The molecule has 0 radical (unpaired) electrons. The molecule has 3 heteroatoms. The lowest BCUT2D eigenvalue weighted by Gasteiger charge is -2.19. The fourth-order valence-electron chi connectivity index (χ4n) is 1.24. The standard InChI is InChI=1S/C9H15NOS/c1-3-7(10-2)9(11)8-5-4-6-12-8/h4-7,9-11H,3H2,1-2H3. The van der Waals surface area contributed by atoms with Crippen LogP contribution in [0.2, 0.25) is 0 Å². The molecule has 2 nitrogen and oxygen atoms in total. The van der Waals surface area contributed by atoms with Crippen LogP contribution in [0.25, 0.3) is 0 Å². The predicted molar refractivity (Wildman–Crippen MR) is 52.4 cm³/mol. The van der Waals surface area contributed by atoms with E-state index in [1.54, 1.807) is 11.3 Å². The van der Waals surface area contributed by atoms with Crippen LogP contribution in [0, 0.1) is 0 Å². The van der Waals surface area contributed by atoms with Crippen LogP contribution in [0.15, 0.2) is 17.5 Å². The molecule has 1 aromatic rings.